The first-order chi connectivity index (χ1) is 9.48. The van der Waals surface area contributed by atoms with Crippen LogP contribution in [0.25, 0.3) is 0 Å². The second-order valence-corrected chi connectivity index (χ2v) is 5.96. The van der Waals surface area contributed by atoms with Gasteiger partial charge in [0.25, 0.3) is 0 Å². The van der Waals surface area contributed by atoms with Crippen molar-refractivity contribution in [2.45, 2.75) is 64.5 Å². The van der Waals surface area contributed by atoms with Crippen molar-refractivity contribution in [2.75, 3.05) is 6.54 Å². The molecule has 112 valence electrons. The number of hydrogen-bond acceptors (Lipinski definition) is 3. The number of nitrogens with one attached hydrogen (secondary N) is 1. The highest BCUT2D eigenvalue weighted by Crippen LogP contribution is 2.32. The van der Waals surface area contributed by atoms with Gasteiger partial charge in [0, 0.05) is 18.8 Å². The molecule has 0 bridgehead atoms. The molecule has 1 aliphatic rings. The van der Waals surface area contributed by atoms with Gasteiger partial charge in [-0.3, -0.25) is 9.48 Å². The van der Waals surface area contributed by atoms with Crippen LogP contribution in [0.4, 0.5) is 0 Å². The molecule has 0 spiro atoms. The Labute approximate surface area is 120 Å². The Morgan fingerprint density at radius 2 is 2.15 bits per heavy atom. The lowest BCUT2D eigenvalue weighted by Crippen LogP contribution is -2.35. The Morgan fingerprint density at radius 3 is 2.75 bits per heavy atom. The average molecular weight is 279 g/mol. The van der Waals surface area contributed by atoms with Crippen LogP contribution in [0, 0.1) is 13.8 Å². The summed E-state index contributed by atoms with van der Waals surface area (Å²) < 4.78 is 1.96. The molecule has 2 N–H and O–H groups in total. The van der Waals surface area contributed by atoms with E-state index in [1.807, 2.05) is 24.6 Å². The van der Waals surface area contributed by atoms with Crippen LogP contribution in [0.2, 0.25) is 0 Å². The van der Waals surface area contributed by atoms with Gasteiger partial charge in [-0.2, -0.15) is 5.10 Å². The Balaban J connectivity index is 1.65. The van der Waals surface area contributed by atoms with Gasteiger partial charge in [-0.25, -0.2) is 0 Å². The Bertz CT molecular complexity index is 462. The Morgan fingerprint density at radius 1 is 1.45 bits per heavy atom. The van der Waals surface area contributed by atoms with Crippen molar-refractivity contribution in [3.05, 3.63) is 17.5 Å². The van der Waals surface area contributed by atoms with Crippen LogP contribution in [-0.2, 0) is 11.3 Å². The topological polar surface area (TPSA) is 67.2 Å². The number of aliphatic hydroxyl groups is 1. The number of rotatable bonds is 6. The molecule has 0 unspecified atom stereocenters. The summed E-state index contributed by atoms with van der Waals surface area (Å²) in [7, 11) is 0. The zero-order chi connectivity index (χ0) is 14.6. The minimum absolute atomic E-state index is 0.0391. The lowest BCUT2D eigenvalue weighted by atomic mass is 9.98. The summed E-state index contributed by atoms with van der Waals surface area (Å²) in [6.45, 7) is 5.46. The second-order valence-electron chi connectivity index (χ2n) is 5.96. The van der Waals surface area contributed by atoms with E-state index in [0.29, 0.717) is 6.54 Å². The molecule has 0 atom stereocenters. The fourth-order valence-corrected chi connectivity index (χ4v) is 2.93. The third-order valence-electron chi connectivity index (χ3n) is 4.00. The van der Waals surface area contributed by atoms with Gasteiger partial charge in [0.15, 0.2) is 0 Å². The van der Waals surface area contributed by atoms with Crippen LogP contribution in [0.1, 0.15) is 49.9 Å². The van der Waals surface area contributed by atoms with Crippen molar-refractivity contribution in [2.24, 2.45) is 0 Å². The minimum Gasteiger partial charge on any atom is -0.389 e. The Hall–Kier alpha value is -1.36. The first-order valence-electron chi connectivity index (χ1n) is 7.49. The molecule has 0 aromatic carbocycles. The lowest BCUT2D eigenvalue weighted by Gasteiger charge is -2.21. The van der Waals surface area contributed by atoms with E-state index in [9.17, 15) is 9.90 Å². The third-order valence-corrected chi connectivity index (χ3v) is 4.00. The van der Waals surface area contributed by atoms with E-state index >= 15 is 0 Å². The van der Waals surface area contributed by atoms with Crippen LogP contribution in [-0.4, -0.2) is 32.9 Å². The van der Waals surface area contributed by atoms with Gasteiger partial charge in [0.05, 0.1) is 17.7 Å². The maximum absolute atomic E-state index is 11.8. The number of aryl methyl sites for hydroxylation is 3. The fraction of sp³-hybridized carbons (Fsp3) is 0.733. The van der Waals surface area contributed by atoms with Gasteiger partial charge >= 0.3 is 0 Å². The Kier molecular flexibility index (Phi) is 4.81. The molecule has 1 heterocycles. The van der Waals surface area contributed by atoms with E-state index in [1.54, 1.807) is 0 Å². The summed E-state index contributed by atoms with van der Waals surface area (Å²) >= 11 is 0. The molecular formula is C15H25N3O2. The summed E-state index contributed by atoms with van der Waals surface area (Å²) in [6, 6.07) is 2.05. The smallest absolute Gasteiger partial charge is 0.222 e. The largest absolute Gasteiger partial charge is 0.389 e. The number of carbonyl (C=O) groups excluding carboxylic acids is 1. The first-order valence-corrected chi connectivity index (χ1v) is 7.49. The van der Waals surface area contributed by atoms with Crippen LogP contribution < -0.4 is 5.32 Å². The predicted molar refractivity (Wildman–Crippen MR) is 77.4 cm³/mol. The predicted octanol–water partition coefficient (Wildman–Crippen LogP) is 1.70. The van der Waals surface area contributed by atoms with Crippen LogP contribution in [0.5, 0.6) is 0 Å². The summed E-state index contributed by atoms with van der Waals surface area (Å²) in [4.78, 5) is 11.8. The minimum atomic E-state index is -0.750. The maximum Gasteiger partial charge on any atom is 0.222 e. The van der Waals surface area contributed by atoms with Crippen molar-refractivity contribution in [3.63, 3.8) is 0 Å². The second kappa shape index (κ2) is 6.39. The number of nitrogens with zero attached hydrogens (tertiary/aromatic N) is 2. The molecule has 20 heavy (non-hydrogen) atoms. The first kappa shape index (κ1) is 15.0. The molecule has 1 fully saturated rings. The average Bonchev–Trinajstić information content (AvgIpc) is 2.91. The van der Waals surface area contributed by atoms with Gasteiger partial charge in [-0.1, -0.05) is 12.8 Å². The van der Waals surface area contributed by atoms with Crippen molar-refractivity contribution in [1.82, 2.24) is 15.1 Å². The van der Waals surface area contributed by atoms with Crippen molar-refractivity contribution in [1.29, 1.82) is 0 Å². The SMILES string of the molecule is Cc1cc(C)n(CCCNC(=O)CC2(O)CCCC2)n1. The molecule has 0 aliphatic heterocycles. The maximum atomic E-state index is 11.8. The third kappa shape index (κ3) is 4.07. The zero-order valence-corrected chi connectivity index (χ0v) is 12.5. The molecule has 1 amide bonds. The summed E-state index contributed by atoms with van der Waals surface area (Å²) in [6.07, 6.45) is 4.67. The molecule has 0 saturated heterocycles. The molecule has 1 aromatic heterocycles. The van der Waals surface area contributed by atoms with Crippen molar-refractivity contribution < 1.29 is 9.90 Å². The highest BCUT2D eigenvalue weighted by atomic mass is 16.3. The fourth-order valence-electron chi connectivity index (χ4n) is 2.93. The number of carbonyl (C=O) groups is 1. The van der Waals surface area contributed by atoms with Crippen molar-refractivity contribution in [3.8, 4) is 0 Å². The van der Waals surface area contributed by atoms with E-state index in [0.717, 1.165) is 50.0 Å². The quantitative estimate of drug-likeness (QED) is 0.779. The summed E-state index contributed by atoms with van der Waals surface area (Å²) in [5.41, 5.74) is 1.42. The lowest BCUT2D eigenvalue weighted by molar-refractivity contribution is -0.125. The molecule has 5 heteroatoms. The zero-order valence-electron chi connectivity index (χ0n) is 12.5. The van der Waals surface area contributed by atoms with Gasteiger partial charge in [-0.05, 0) is 39.2 Å². The van der Waals surface area contributed by atoms with E-state index < -0.39 is 5.60 Å². The van der Waals surface area contributed by atoms with E-state index in [1.165, 1.54) is 0 Å². The van der Waals surface area contributed by atoms with E-state index in [2.05, 4.69) is 10.4 Å². The monoisotopic (exact) mass is 279 g/mol. The number of hydrogen-bond donors (Lipinski definition) is 2. The van der Waals surface area contributed by atoms with Gasteiger partial charge in [-0.15, -0.1) is 0 Å². The van der Waals surface area contributed by atoms with Gasteiger partial charge in [0.1, 0.15) is 0 Å². The molecule has 5 nitrogen and oxygen atoms in total. The molecule has 0 radical (unpaired) electrons. The van der Waals surface area contributed by atoms with Crippen LogP contribution in [0.3, 0.4) is 0 Å². The molecule has 2 rings (SSSR count). The van der Waals surface area contributed by atoms with Gasteiger partial charge in [0.2, 0.25) is 5.91 Å². The molecule has 1 aromatic rings. The molecular weight excluding hydrogens is 254 g/mol. The molecule has 1 aliphatic carbocycles. The molecule has 1 saturated carbocycles. The number of aromatic nitrogens is 2. The van der Waals surface area contributed by atoms with E-state index in [-0.39, 0.29) is 12.3 Å². The standard InChI is InChI=1S/C15H25N3O2/c1-12-10-13(2)18(17-12)9-5-8-16-14(19)11-15(20)6-3-4-7-15/h10,20H,3-9,11H2,1-2H3,(H,16,19). The van der Waals surface area contributed by atoms with Crippen LogP contribution >= 0.6 is 0 Å². The van der Waals surface area contributed by atoms with Crippen molar-refractivity contribution >= 4 is 5.91 Å². The summed E-state index contributed by atoms with van der Waals surface area (Å²) in [5, 5.41) is 17.4. The highest BCUT2D eigenvalue weighted by molar-refractivity contribution is 5.77. The van der Waals surface area contributed by atoms with E-state index in [4.69, 9.17) is 0 Å². The van der Waals surface area contributed by atoms with Crippen LogP contribution in [0.15, 0.2) is 6.07 Å². The highest BCUT2D eigenvalue weighted by Gasteiger charge is 2.33. The van der Waals surface area contributed by atoms with Gasteiger partial charge < -0.3 is 10.4 Å². The number of amides is 1. The normalized spacial score (nSPS) is 17.4. The summed E-state index contributed by atoms with van der Waals surface area (Å²) in [5.74, 6) is -0.0391.